The molecule has 0 N–H and O–H groups in total. The van der Waals surface area contributed by atoms with E-state index in [0.29, 0.717) is 0 Å². The van der Waals surface area contributed by atoms with Crippen LogP contribution in [0.2, 0.25) is 0 Å². The second-order valence-electron chi connectivity index (χ2n) is 4.91. The number of aliphatic imine (C=N–C) groups is 1. The highest BCUT2D eigenvalue weighted by molar-refractivity contribution is 5.91. The van der Waals surface area contributed by atoms with Crippen molar-refractivity contribution in [1.82, 2.24) is 4.90 Å². The fraction of sp³-hybridized carbons (Fsp3) is 0.500. The Morgan fingerprint density at radius 1 is 1.50 bits per heavy atom. The summed E-state index contributed by atoms with van der Waals surface area (Å²) in [6.45, 7) is 8.90. The van der Waals surface area contributed by atoms with E-state index >= 15 is 0 Å². The fourth-order valence-electron chi connectivity index (χ4n) is 2.17. The van der Waals surface area contributed by atoms with Crippen LogP contribution < -0.4 is 0 Å². The molecule has 1 aromatic rings. The van der Waals surface area contributed by atoms with Crippen LogP contribution in [0.15, 0.2) is 29.3 Å². The molecule has 2 heteroatoms. The zero-order valence-electron chi connectivity index (χ0n) is 10.3. The van der Waals surface area contributed by atoms with E-state index in [1.807, 2.05) is 24.3 Å². The Morgan fingerprint density at radius 3 is 2.94 bits per heavy atom. The standard InChI is InChI=1S/C14H19N2/c1-4-16-11-10-14(2,3)13(16)15-12-8-6-5-7-9-12/h5-6,8-9H,4,10-11H2,1-3H3. The first-order chi connectivity index (χ1) is 7.63. The highest BCUT2D eigenvalue weighted by atomic mass is 15.2. The summed E-state index contributed by atoms with van der Waals surface area (Å²) in [4.78, 5) is 7.14. The maximum Gasteiger partial charge on any atom is 0.111 e. The van der Waals surface area contributed by atoms with Crippen molar-refractivity contribution in [2.24, 2.45) is 10.4 Å². The van der Waals surface area contributed by atoms with Crippen molar-refractivity contribution >= 4 is 11.5 Å². The zero-order chi connectivity index (χ0) is 11.6. The Balaban J connectivity index is 2.33. The third kappa shape index (κ3) is 2.11. The molecule has 85 valence electrons. The lowest BCUT2D eigenvalue weighted by molar-refractivity contribution is 0.472. The van der Waals surface area contributed by atoms with Crippen LogP contribution >= 0.6 is 0 Å². The molecule has 0 spiro atoms. The van der Waals surface area contributed by atoms with Crippen LogP contribution in [-0.2, 0) is 0 Å². The van der Waals surface area contributed by atoms with E-state index in [4.69, 9.17) is 4.99 Å². The molecule has 1 aliphatic rings. The Bertz CT molecular complexity index is 379. The van der Waals surface area contributed by atoms with E-state index in [1.54, 1.807) is 0 Å². The van der Waals surface area contributed by atoms with E-state index in [2.05, 4.69) is 31.7 Å². The van der Waals surface area contributed by atoms with Gasteiger partial charge in [0.15, 0.2) is 0 Å². The largest absolute Gasteiger partial charge is 0.360 e. The number of amidine groups is 1. The molecular weight excluding hydrogens is 196 g/mol. The highest BCUT2D eigenvalue weighted by Gasteiger charge is 2.35. The van der Waals surface area contributed by atoms with Gasteiger partial charge in [-0.25, -0.2) is 4.99 Å². The van der Waals surface area contributed by atoms with Gasteiger partial charge >= 0.3 is 0 Å². The predicted molar refractivity (Wildman–Crippen MR) is 68.0 cm³/mol. The van der Waals surface area contributed by atoms with Gasteiger partial charge in [0, 0.05) is 18.5 Å². The number of benzene rings is 1. The minimum absolute atomic E-state index is 0.200. The van der Waals surface area contributed by atoms with Gasteiger partial charge < -0.3 is 4.90 Å². The number of nitrogens with zero attached hydrogens (tertiary/aromatic N) is 2. The molecule has 0 unspecified atom stereocenters. The van der Waals surface area contributed by atoms with Crippen molar-refractivity contribution in [3.63, 3.8) is 0 Å². The number of likely N-dealkylation sites (tertiary alicyclic amines) is 1. The lowest BCUT2D eigenvalue weighted by atomic mass is 9.91. The summed E-state index contributed by atoms with van der Waals surface area (Å²) < 4.78 is 0. The van der Waals surface area contributed by atoms with Crippen LogP contribution in [0, 0.1) is 11.5 Å². The third-order valence-corrected chi connectivity index (χ3v) is 3.22. The molecule has 1 saturated heterocycles. The number of hydrogen-bond donors (Lipinski definition) is 0. The normalized spacial score (nSPS) is 21.7. The first-order valence-electron chi connectivity index (χ1n) is 5.94. The second kappa shape index (κ2) is 4.28. The molecule has 0 amide bonds. The van der Waals surface area contributed by atoms with Crippen LogP contribution in [0.1, 0.15) is 27.2 Å². The molecule has 16 heavy (non-hydrogen) atoms. The molecule has 1 aliphatic heterocycles. The van der Waals surface area contributed by atoms with Gasteiger partial charge in [0.1, 0.15) is 5.84 Å². The third-order valence-electron chi connectivity index (χ3n) is 3.22. The maximum atomic E-state index is 4.77. The molecule has 1 aromatic carbocycles. The van der Waals surface area contributed by atoms with Gasteiger partial charge in [-0.1, -0.05) is 26.0 Å². The van der Waals surface area contributed by atoms with Crippen LogP contribution in [-0.4, -0.2) is 23.8 Å². The Labute approximate surface area is 98.0 Å². The highest BCUT2D eigenvalue weighted by Crippen LogP contribution is 2.33. The van der Waals surface area contributed by atoms with Crippen LogP contribution in [0.5, 0.6) is 0 Å². The molecule has 2 rings (SSSR count). The minimum atomic E-state index is 0.200. The molecule has 1 radical (unpaired) electrons. The average Bonchev–Trinajstić information content (AvgIpc) is 2.56. The van der Waals surface area contributed by atoms with Crippen LogP contribution in [0.3, 0.4) is 0 Å². The van der Waals surface area contributed by atoms with E-state index in [9.17, 15) is 0 Å². The summed E-state index contributed by atoms with van der Waals surface area (Å²) in [5, 5.41) is 0. The van der Waals surface area contributed by atoms with Gasteiger partial charge in [0.25, 0.3) is 0 Å². The van der Waals surface area contributed by atoms with Crippen molar-refractivity contribution in [2.45, 2.75) is 27.2 Å². The molecular formula is C14H19N2. The van der Waals surface area contributed by atoms with Gasteiger partial charge in [0.05, 0.1) is 5.69 Å². The maximum absolute atomic E-state index is 4.77. The lowest BCUT2D eigenvalue weighted by Gasteiger charge is -2.23. The van der Waals surface area contributed by atoms with Gasteiger partial charge in [-0.3, -0.25) is 0 Å². The molecule has 0 aromatic heterocycles. The molecule has 0 aliphatic carbocycles. The number of hydrogen-bond acceptors (Lipinski definition) is 1. The van der Waals surface area contributed by atoms with Gasteiger partial charge in [0.2, 0.25) is 0 Å². The Hall–Kier alpha value is -1.31. The van der Waals surface area contributed by atoms with E-state index in [0.717, 1.165) is 18.8 Å². The summed E-state index contributed by atoms with van der Waals surface area (Å²) in [6.07, 6.45) is 1.19. The van der Waals surface area contributed by atoms with Gasteiger partial charge in [-0.2, -0.15) is 0 Å². The molecule has 2 nitrogen and oxygen atoms in total. The molecule has 0 atom stereocenters. The monoisotopic (exact) mass is 215 g/mol. The lowest BCUT2D eigenvalue weighted by Crippen LogP contribution is -2.30. The van der Waals surface area contributed by atoms with E-state index in [1.165, 1.54) is 12.3 Å². The SMILES string of the molecule is CCN1CCC(C)(C)C1=Nc1c[c]ccc1. The van der Waals surface area contributed by atoms with Crippen molar-refractivity contribution in [3.05, 3.63) is 30.3 Å². The summed E-state index contributed by atoms with van der Waals surface area (Å²) in [6, 6.07) is 10.9. The second-order valence-corrected chi connectivity index (χ2v) is 4.91. The van der Waals surface area contributed by atoms with Gasteiger partial charge in [-0.05, 0) is 31.5 Å². The summed E-state index contributed by atoms with van der Waals surface area (Å²) >= 11 is 0. The molecule has 0 bridgehead atoms. The van der Waals surface area contributed by atoms with E-state index in [-0.39, 0.29) is 5.41 Å². The van der Waals surface area contributed by atoms with Crippen molar-refractivity contribution in [1.29, 1.82) is 0 Å². The smallest absolute Gasteiger partial charge is 0.111 e. The summed E-state index contributed by atoms with van der Waals surface area (Å²) in [5.74, 6) is 1.22. The van der Waals surface area contributed by atoms with Crippen molar-refractivity contribution in [3.8, 4) is 0 Å². The predicted octanol–water partition coefficient (Wildman–Crippen LogP) is 3.27. The quantitative estimate of drug-likeness (QED) is 0.739. The molecule has 1 heterocycles. The van der Waals surface area contributed by atoms with Crippen molar-refractivity contribution < 1.29 is 0 Å². The van der Waals surface area contributed by atoms with Crippen LogP contribution in [0.4, 0.5) is 5.69 Å². The average molecular weight is 215 g/mol. The molecule has 1 fully saturated rings. The zero-order valence-corrected chi connectivity index (χ0v) is 10.3. The first kappa shape index (κ1) is 11.2. The topological polar surface area (TPSA) is 15.6 Å². The van der Waals surface area contributed by atoms with Crippen molar-refractivity contribution in [2.75, 3.05) is 13.1 Å². The summed E-state index contributed by atoms with van der Waals surface area (Å²) in [7, 11) is 0. The first-order valence-corrected chi connectivity index (χ1v) is 5.94. The minimum Gasteiger partial charge on any atom is -0.360 e. The number of rotatable bonds is 2. The van der Waals surface area contributed by atoms with Gasteiger partial charge in [-0.15, -0.1) is 0 Å². The Morgan fingerprint density at radius 2 is 2.31 bits per heavy atom. The summed E-state index contributed by atoms with van der Waals surface area (Å²) in [5.41, 5.74) is 1.21. The molecule has 0 saturated carbocycles. The van der Waals surface area contributed by atoms with Crippen LogP contribution in [0.25, 0.3) is 0 Å². The Kier molecular flexibility index (Phi) is 2.99. The fourth-order valence-corrected chi connectivity index (χ4v) is 2.17. The van der Waals surface area contributed by atoms with E-state index < -0.39 is 0 Å².